The highest BCUT2D eigenvalue weighted by Gasteiger charge is 2.47. The number of aromatic nitrogens is 8. The Labute approximate surface area is 227 Å². The van der Waals surface area contributed by atoms with Gasteiger partial charge < -0.3 is 46.1 Å². The van der Waals surface area contributed by atoms with Crippen LogP contribution in [0.2, 0.25) is 10.6 Å². The predicted molar refractivity (Wildman–Crippen MR) is 132 cm³/mol. The number of anilines is 2. The van der Waals surface area contributed by atoms with Crippen LogP contribution >= 0.6 is 23.2 Å². The van der Waals surface area contributed by atoms with Gasteiger partial charge in [-0.05, 0) is 23.2 Å². The molecule has 2 saturated heterocycles. The molecule has 6 heterocycles. The summed E-state index contributed by atoms with van der Waals surface area (Å²) in [5.41, 5.74) is 12.6. The van der Waals surface area contributed by atoms with E-state index < -0.39 is 49.1 Å². The topological polar surface area (TPSA) is 248 Å². The lowest BCUT2D eigenvalue weighted by molar-refractivity contribution is -0.0981. The molecule has 2 fully saturated rings. The Balaban J connectivity index is 1.12. The van der Waals surface area contributed by atoms with Gasteiger partial charge in [0, 0.05) is 0 Å². The number of nitrogens with two attached hydrogens (primary N) is 2. The fraction of sp³-hybridized carbons (Fsp3) is 0.500. The van der Waals surface area contributed by atoms with Gasteiger partial charge in [-0.1, -0.05) is 0 Å². The number of ether oxygens (including phenoxy) is 3. The number of imidazole rings is 2. The van der Waals surface area contributed by atoms with Crippen molar-refractivity contribution < 1.29 is 34.6 Å². The first-order chi connectivity index (χ1) is 18.6. The number of halogens is 2. The van der Waals surface area contributed by atoms with Crippen molar-refractivity contribution in [1.29, 1.82) is 0 Å². The van der Waals surface area contributed by atoms with Crippen molar-refractivity contribution >= 4 is 57.2 Å². The van der Waals surface area contributed by atoms with E-state index in [1.165, 1.54) is 21.8 Å². The highest BCUT2D eigenvalue weighted by atomic mass is 35.5. The molecule has 4 aromatic rings. The average Bonchev–Trinajstić information content (AvgIpc) is 3.62. The average molecular weight is 585 g/mol. The molecule has 39 heavy (non-hydrogen) atoms. The zero-order chi connectivity index (χ0) is 27.6. The van der Waals surface area contributed by atoms with Gasteiger partial charge in [0.05, 0.1) is 25.9 Å². The van der Waals surface area contributed by atoms with Gasteiger partial charge in [-0.2, -0.15) is 19.9 Å². The summed E-state index contributed by atoms with van der Waals surface area (Å²) in [5, 5.41) is 42.2. The van der Waals surface area contributed by atoms with Crippen LogP contribution in [0.15, 0.2) is 12.7 Å². The molecule has 6 rings (SSSR count). The van der Waals surface area contributed by atoms with Crippen molar-refractivity contribution in [2.24, 2.45) is 0 Å². The first kappa shape index (κ1) is 26.2. The van der Waals surface area contributed by atoms with Crippen LogP contribution in [0.4, 0.5) is 11.6 Å². The molecule has 8 atom stereocenters. The van der Waals surface area contributed by atoms with Crippen LogP contribution in [-0.4, -0.2) is 109 Å². The molecule has 0 radical (unpaired) electrons. The fourth-order valence-electron chi connectivity index (χ4n) is 4.69. The number of aliphatic hydroxyl groups is 4. The van der Waals surface area contributed by atoms with Crippen molar-refractivity contribution in [2.45, 2.75) is 49.1 Å². The van der Waals surface area contributed by atoms with Crippen LogP contribution in [0.3, 0.4) is 0 Å². The van der Waals surface area contributed by atoms with E-state index in [1.54, 1.807) is 0 Å². The van der Waals surface area contributed by atoms with E-state index in [2.05, 4.69) is 29.9 Å². The minimum absolute atomic E-state index is 0.0509. The molecule has 0 aliphatic carbocycles. The summed E-state index contributed by atoms with van der Waals surface area (Å²) in [6.07, 6.45) is -6.77. The van der Waals surface area contributed by atoms with Crippen LogP contribution in [0.1, 0.15) is 12.5 Å². The van der Waals surface area contributed by atoms with Gasteiger partial charge in [0.25, 0.3) is 0 Å². The van der Waals surface area contributed by atoms with Crippen molar-refractivity contribution in [3.63, 3.8) is 0 Å². The summed E-state index contributed by atoms with van der Waals surface area (Å²) in [7, 11) is 0. The van der Waals surface area contributed by atoms with Gasteiger partial charge in [0.15, 0.2) is 35.4 Å². The number of aliphatic hydroxyl groups excluding tert-OH is 4. The highest BCUT2D eigenvalue weighted by Crippen LogP contribution is 2.34. The van der Waals surface area contributed by atoms with Crippen LogP contribution in [0.25, 0.3) is 22.3 Å². The number of hydrogen-bond acceptors (Lipinski definition) is 15. The molecule has 17 nitrogen and oxygen atoms in total. The zero-order valence-corrected chi connectivity index (χ0v) is 21.2. The summed E-state index contributed by atoms with van der Waals surface area (Å²) < 4.78 is 20.1. The van der Waals surface area contributed by atoms with Gasteiger partial charge in [0.1, 0.15) is 47.7 Å². The monoisotopic (exact) mass is 584 g/mol. The van der Waals surface area contributed by atoms with E-state index in [0.29, 0.717) is 0 Å². The summed E-state index contributed by atoms with van der Waals surface area (Å²) in [4.78, 5) is 24.1. The van der Waals surface area contributed by atoms with Gasteiger partial charge in [0.2, 0.25) is 10.6 Å². The zero-order valence-electron chi connectivity index (χ0n) is 19.7. The van der Waals surface area contributed by atoms with Crippen LogP contribution < -0.4 is 11.5 Å². The SMILES string of the molecule is Nc1nc(Cl)nc2c1ncn2[C@@H]1O[C@H](COC[C@H]2O[C@@H](n3cnc4c(N)nc(Cl)nc43)[C@H](O)[C@@H]2O)[C@@H](O)[C@H]1O. The predicted octanol–water partition coefficient (Wildman–Crippen LogP) is -1.61. The van der Waals surface area contributed by atoms with Crippen LogP contribution in [0.5, 0.6) is 0 Å². The van der Waals surface area contributed by atoms with Gasteiger partial charge in [-0.25, -0.2) is 9.97 Å². The maximum Gasteiger partial charge on any atom is 0.226 e. The third-order valence-electron chi connectivity index (χ3n) is 6.63. The number of nitrogens with zero attached hydrogens (tertiary/aromatic N) is 8. The Morgan fingerprint density at radius 3 is 1.54 bits per heavy atom. The Kier molecular flexibility index (Phi) is 6.64. The maximum absolute atomic E-state index is 10.6. The second-order valence-electron chi connectivity index (χ2n) is 9.03. The van der Waals surface area contributed by atoms with Crippen LogP contribution in [0, 0.1) is 0 Å². The summed E-state index contributed by atoms with van der Waals surface area (Å²) >= 11 is 11.8. The molecular weight excluding hydrogens is 563 g/mol. The molecule has 0 unspecified atom stereocenters. The van der Waals surface area contributed by atoms with Crippen molar-refractivity contribution in [3.8, 4) is 0 Å². The lowest BCUT2D eigenvalue weighted by Crippen LogP contribution is -2.37. The minimum atomic E-state index is -1.36. The summed E-state index contributed by atoms with van der Waals surface area (Å²) in [6, 6.07) is 0. The standard InChI is InChI=1S/C20H22Cl2N10O7/c21-19-27-13(23)7-15(29-19)31(3-25-7)17-11(35)9(33)5(38-17)1-37-2-6-10(34)12(36)18(39-6)32-4-26-8-14(24)28-20(22)30-16(8)32/h3-6,9-12,17-18,33-36H,1-2H2,(H2,23,27,29)(H2,24,28,30)/t5-,6-,9-,10-,11-,12-,17-,18-/m1/s1. The quantitative estimate of drug-likeness (QED) is 0.139. The first-order valence-corrected chi connectivity index (χ1v) is 12.3. The molecule has 4 aromatic heterocycles. The molecule has 19 heteroatoms. The lowest BCUT2D eigenvalue weighted by Gasteiger charge is -2.18. The van der Waals surface area contributed by atoms with E-state index in [-0.39, 0.29) is 57.7 Å². The number of hydrogen-bond donors (Lipinski definition) is 6. The Bertz CT molecular complexity index is 1430. The molecule has 0 amide bonds. The summed E-state index contributed by atoms with van der Waals surface area (Å²) in [6.45, 7) is -0.361. The second kappa shape index (κ2) is 9.88. The first-order valence-electron chi connectivity index (χ1n) is 11.6. The van der Waals surface area contributed by atoms with Gasteiger partial charge in [-0.3, -0.25) is 9.13 Å². The molecular formula is C20H22Cl2N10O7. The van der Waals surface area contributed by atoms with Crippen molar-refractivity contribution in [3.05, 3.63) is 23.2 Å². The smallest absolute Gasteiger partial charge is 0.226 e. The summed E-state index contributed by atoms with van der Waals surface area (Å²) in [5.74, 6) is 0.102. The molecule has 0 spiro atoms. The van der Waals surface area contributed by atoms with Crippen molar-refractivity contribution in [2.75, 3.05) is 24.7 Å². The maximum atomic E-state index is 10.6. The van der Waals surface area contributed by atoms with E-state index in [9.17, 15) is 20.4 Å². The van der Waals surface area contributed by atoms with E-state index in [4.69, 9.17) is 48.9 Å². The highest BCUT2D eigenvalue weighted by molar-refractivity contribution is 6.29. The number of nitrogen functional groups attached to an aromatic ring is 2. The number of fused-ring (bicyclic) bond motifs is 2. The third-order valence-corrected chi connectivity index (χ3v) is 6.97. The minimum Gasteiger partial charge on any atom is -0.387 e. The Morgan fingerprint density at radius 1 is 0.718 bits per heavy atom. The third kappa shape index (κ3) is 4.41. The molecule has 0 saturated carbocycles. The molecule has 2 aliphatic rings. The lowest BCUT2D eigenvalue weighted by atomic mass is 10.1. The molecule has 0 aromatic carbocycles. The van der Waals surface area contributed by atoms with E-state index >= 15 is 0 Å². The molecule has 208 valence electrons. The van der Waals surface area contributed by atoms with Crippen molar-refractivity contribution in [1.82, 2.24) is 39.0 Å². The fourth-order valence-corrected chi connectivity index (χ4v) is 5.03. The Hall–Kier alpha value is -3.00. The largest absolute Gasteiger partial charge is 0.387 e. The van der Waals surface area contributed by atoms with Crippen LogP contribution in [-0.2, 0) is 14.2 Å². The normalized spacial score (nSPS) is 31.1. The van der Waals surface area contributed by atoms with Gasteiger partial charge >= 0.3 is 0 Å². The van der Waals surface area contributed by atoms with E-state index in [1.807, 2.05) is 0 Å². The van der Waals surface area contributed by atoms with Gasteiger partial charge in [-0.15, -0.1) is 0 Å². The Morgan fingerprint density at radius 2 is 1.13 bits per heavy atom. The van der Waals surface area contributed by atoms with E-state index in [0.717, 1.165) is 0 Å². The second-order valence-corrected chi connectivity index (χ2v) is 9.71. The molecule has 2 aliphatic heterocycles. The molecule has 8 N–H and O–H groups in total. The molecule has 0 bridgehead atoms. The number of rotatable bonds is 6.